The molecule has 2 saturated carbocycles. The van der Waals surface area contributed by atoms with Crippen LogP contribution in [0.1, 0.15) is 125 Å². The molecule has 51 heavy (non-hydrogen) atoms. The van der Waals surface area contributed by atoms with Crippen LogP contribution in [0.2, 0.25) is 0 Å². The molecule has 8 rings (SSSR count). The molecule has 0 amide bonds. The van der Waals surface area contributed by atoms with E-state index in [9.17, 15) is 0 Å². The fourth-order valence-electron chi connectivity index (χ4n) is 8.93. The topological polar surface area (TPSA) is 52.5 Å². The molecule has 0 unspecified atom stereocenters. The number of fused-ring (bicyclic) bond motifs is 6. The summed E-state index contributed by atoms with van der Waals surface area (Å²) in [5.41, 5.74) is 12.6. The van der Waals surface area contributed by atoms with Crippen molar-refractivity contribution < 1.29 is 24.5 Å². The third-order valence-electron chi connectivity index (χ3n) is 11.3. The molecule has 5 aromatic rings. The maximum atomic E-state index is 6.41. The maximum Gasteiger partial charge on any atom is 0.135 e. The molecule has 4 nitrogen and oxygen atoms in total. The third-order valence-corrected chi connectivity index (χ3v) is 11.3. The van der Waals surface area contributed by atoms with E-state index in [-0.39, 0.29) is 25.5 Å². The van der Waals surface area contributed by atoms with Crippen molar-refractivity contribution in [1.29, 1.82) is 0 Å². The van der Waals surface area contributed by atoms with Crippen LogP contribution in [-0.4, -0.2) is 22.9 Å². The van der Waals surface area contributed by atoms with Crippen molar-refractivity contribution in [3.63, 3.8) is 0 Å². The summed E-state index contributed by atoms with van der Waals surface area (Å²) in [5, 5.41) is 7.44. The number of furan rings is 1. The Morgan fingerprint density at radius 1 is 0.843 bits per heavy atom. The van der Waals surface area contributed by atoms with Crippen molar-refractivity contribution in [2.24, 2.45) is 10.9 Å². The molecule has 3 aromatic carbocycles. The molecular formula is C46H55IrN3O-2. The van der Waals surface area contributed by atoms with Gasteiger partial charge in [0.25, 0.3) is 0 Å². The van der Waals surface area contributed by atoms with Gasteiger partial charge >= 0.3 is 0 Å². The van der Waals surface area contributed by atoms with Crippen LogP contribution in [-0.2, 0) is 25.5 Å². The van der Waals surface area contributed by atoms with Gasteiger partial charge in [-0.3, -0.25) is 4.98 Å². The molecule has 0 saturated heterocycles. The van der Waals surface area contributed by atoms with Crippen LogP contribution < -0.4 is 0 Å². The number of aryl methyl sites for hydroxylation is 4. The van der Waals surface area contributed by atoms with Crippen LogP contribution >= 0.6 is 0 Å². The van der Waals surface area contributed by atoms with Gasteiger partial charge in [0.2, 0.25) is 0 Å². The van der Waals surface area contributed by atoms with Gasteiger partial charge < -0.3 is 14.7 Å². The summed E-state index contributed by atoms with van der Waals surface area (Å²) in [6.45, 7) is 17.7. The van der Waals surface area contributed by atoms with Crippen molar-refractivity contribution in [3.05, 3.63) is 93.3 Å². The number of amidine groups is 1. The minimum atomic E-state index is -0.204. The van der Waals surface area contributed by atoms with Gasteiger partial charge in [-0.1, -0.05) is 127 Å². The van der Waals surface area contributed by atoms with Crippen LogP contribution in [0.4, 0.5) is 0 Å². The van der Waals surface area contributed by atoms with E-state index in [2.05, 4.69) is 104 Å². The first-order valence-electron chi connectivity index (χ1n) is 19.3. The summed E-state index contributed by atoms with van der Waals surface area (Å²) in [6.07, 6.45) is 13.4. The second kappa shape index (κ2) is 15.4. The van der Waals surface area contributed by atoms with Crippen molar-refractivity contribution in [3.8, 4) is 22.6 Å². The zero-order chi connectivity index (χ0) is 35.2. The largest absolute Gasteiger partial charge is 0.466 e. The molecule has 0 N–H and O–H groups in total. The first-order valence-corrected chi connectivity index (χ1v) is 19.3. The van der Waals surface area contributed by atoms with Crippen molar-refractivity contribution in [2.45, 2.75) is 137 Å². The van der Waals surface area contributed by atoms with E-state index in [1.165, 1.54) is 108 Å². The molecule has 1 radical (unpaired) electrons. The molecule has 3 aliphatic carbocycles. The Morgan fingerprint density at radius 2 is 1.53 bits per heavy atom. The van der Waals surface area contributed by atoms with Crippen LogP contribution in [0.15, 0.2) is 57.9 Å². The predicted molar refractivity (Wildman–Crippen MR) is 212 cm³/mol. The first-order chi connectivity index (χ1) is 24.0. The van der Waals surface area contributed by atoms with Crippen LogP contribution in [0.3, 0.4) is 0 Å². The van der Waals surface area contributed by atoms with Crippen LogP contribution in [0.5, 0.6) is 0 Å². The number of rotatable bonds is 4. The second-order valence-corrected chi connectivity index (χ2v) is 16.2. The van der Waals surface area contributed by atoms with E-state index in [0.717, 1.165) is 39.5 Å². The molecule has 2 fully saturated rings. The van der Waals surface area contributed by atoms with Gasteiger partial charge in [-0.05, 0) is 91.7 Å². The second-order valence-electron chi connectivity index (χ2n) is 16.2. The molecule has 0 atom stereocenters. The Kier molecular flexibility index (Phi) is 11.3. The van der Waals surface area contributed by atoms with Crippen LogP contribution in [0, 0.1) is 39.7 Å². The minimum Gasteiger partial charge on any atom is -0.466 e. The molecule has 0 aliphatic heterocycles. The van der Waals surface area contributed by atoms with Gasteiger partial charge in [-0.15, -0.1) is 29.3 Å². The Bertz CT molecular complexity index is 2060. The molecule has 271 valence electrons. The van der Waals surface area contributed by atoms with Gasteiger partial charge in [0, 0.05) is 36.4 Å². The predicted octanol–water partition coefficient (Wildman–Crippen LogP) is 13.1. The Balaban J connectivity index is 0.000000202. The number of aliphatic imine (C=N–C) groups is 1. The zero-order valence-electron chi connectivity index (χ0n) is 32.0. The normalized spacial score (nSPS) is 17.5. The molecule has 3 aliphatic rings. The average molecular weight is 858 g/mol. The molecule has 0 spiro atoms. The van der Waals surface area contributed by atoms with E-state index in [0.29, 0.717) is 18.0 Å². The minimum absolute atomic E-state index is 0. The number of hydrogen-bond donors (Lipinski definition) is 0. The van der Waals surface area contributed by atoms with Crippen molar-refractivity contribution in [2.75, 3.05) is 0 Å². The summed E-state index contributed by atoms with van der Waals surface area (Å²) in [5.74, 6) is 2.65. The number of pyridine rings is 1. The molecule has 0 bridgehead atoms. The summed E-state index contributed by atoms with van der Waals surface area (Å²) in [7, 11) is 0. The van der Waals surface area contributed by atoms with Crippen LogP contribution in [0.25, 0.3) is 49.8 Å². The number of hydrogen-bond acceptors (Lipinski definition) is 3. The van der Waals surface area contributed by atoms with Crippen molar-refractivity contribution in [1.82, 2.24) is 4.98 Å². The Labute approximate surface area is 319 Å². The number of aromatic nitrogens is 1. The quantitative estimate of drug-likeness (QED) is 0.103. The Hall–Kier alpha value is -3.27. The van der Waals surface area contributed by atoms with Crippen molar-refractivity contribution >= 4 is 27.7 Å². The summed E-state index contributed by atoms with van der Waals surface area (Å²) >= 11 is 0. The third kappa shape index (κ3) is 7.49. The molecule has 2 aromatic heterocycles. The monoisotopic (exact) mass is 858 g/mol. The average Bonchev–Trinajstić information content (AvgIpc) is 3.58. The zero-order valence-corrected chi connectivity index (χ0v) is 34.4. The molecular weight excluding hydrogens is 803 g/mol. The SMILES string of the molecule is CC(C)C(=NC1CCCCC1)[N-]C1CCCCC1.Cc1cc(C)c2c(C)cc(-c3[c-]ccc4c3C(C)(C)c3c-4oc4ccc(C)cc34)nc2c1.[Ir]. The fraction of sp³-hybridized carbons (Fsp3) is 0.478. The number of benzene rings is 3. The maximum absolute atomic E-state index is 6.41. The van der Waals surface area contributed by atoms with Gasteiger partial charge in [0.1, 0.15) is 11.3 Å². The Morgan fingerprint density at radius 3 is 2.24 bits per heavy atom. The van der Waals surface area contributed by atoms with E-state index in [4.69, 9.17) is 19.7 Å². The smallest absolute Gasteiger partial charge is 0.135 e. The van der Waals surface area contributed by atoms with Gasteiger partial charge in [0.05, 0.1) is 5.52 Å². The summed E-state index contributed by atoms with van der Waals surface area (Å²) < 4.78 is 6.41. The summed E-state index contributed by atoms with van der Waals surface area (Å²) in [6, 6.07) is 21.9. The van der Waals surface area contributed by atoms with E-state index in [1.54, 1.807) is 0 Å². The van der Waals surface area contributed by atoms with Gasteiger partial charge in [-0.25, -0.2) is 0 Å². The molecule has 5 heteroatoms. The fourth-order valence-corrected chi connectivity index (χ4v) is 8.93. The van der Waals surface area contributed by atoms with Gasteiger partial charge in [0.15, 0.2) is 0 Å². The first kappa shape index (κ1) is 37.5. The van der Waals surface area contributed by atoms with E-state index < -0.39 is 0 Å². The van der Waals surface area contributed by atoms with E-state index in [1.807, 2.05) is 6.07 Å². The number of nitrogens with zero attached hydrogens (tertiary/aromatic N) is 3. The van der Waals surface area contributed by atoms with Gasteiger partial charge in [-0.2, -0.15) is 0 Å². The standard InChI is InChI=1S/C30H26NO.C16H29N2.Ir/c1-16-10-11-25-22(13-16)28-29(32-25)21-9-7-8-20(27(21)30(28,5)6)23-15-19(4)26-18(3)12-17(2)14-24(26)31-23;1-13(2)16(17-14-9-5-3-6-10-14)18-15-11-7-4-8-12-15;/h7,9-15H,1-6H3;13-15H,3-12H2,1-2H3;/q2*-1;. The van der Waals surface area contributed by atoms with E-state index >= 15 is 0 Å². The molecule has 2 heterocycles. The summed E-state index contributed by atoms with van der Waals surface area (Å²) in [4.78, 5) is 10.1.